The Morgan fingerprint density at radius 1 is 1.14 bits per heavy atom. The van der Waals surface area contributed by atoms with Gasteiger partial charge in [0.2, 0.25) is 0 Å². The standard InChI is InChI=1S/C23H28N4O/c1-15-11-16(2)23(19(5)28)17(3)22(15)12-26(6)18(4)20-7-9-21(10-8-20)27-14-24-13-25-27/h7-11,13-14,18H,12H2,1-6H3. The zero-order valence-electron chi connectivity index (χ0n) is 17.5. The molecule has 28 heavy (non-hydrogen) atoms. The van der Waals surface area contributed by atoms with Gasteiger partial charge in [0.25, 0.3) is 0 Å². The Hall–Kier alpha value is -2.79. The SMILES string of the molecule is CC(=O)c1c(C)cc(C)c(CN(C)C(C)c2ccc(-n3cncn3)cc2)c1C. The van der Waals surface area contributed by atoms with E-state index in [0.29, 0.717) is 0 Å². The van der Waals surface area contributed by atoms with Gasteiger partial charge in [0.05, 0.1) is 5.69 Å². The van der Waals surface area contributed by atoms with Gasteiger partial charge in [0.1, 0.15) is 12.7 Å². The van der Waals surface area contributed by atoms with Crippen LogP contribution in [0.1, 0.15) is 58.1 Å². The summed E-state index contributed by atoms with van der Waals surface area (Å²) in [5.41, 5.74) is 7.73. The molecule has 1 heterocycles. The van der Waals surface area contributed by atoms with E-state index in [1.54, 1.807) is 17.9 Å². The molecule has 0 fully saturated rings. The minimum Gasteiger partial charge on any atom is -0.295 e. The minimum atomic E-state index is 0.135. The molecule has 0 aliphatic rings. The fourth-order valence-corrected chi connectivity index (χ4v) is 3.90. The maximum Gasteiger partial charge on any atom is 0.160 e. The minimum absolute atomic E-state index is 0.135. The van der Waals surface area contributed by atoms with Gasteiger partial charge in [0.15, 0.2) is 5.78 Å². The van der Waals surface area contributed by atoms with Crippen LogP contribution in [0.5, 0.6) is 0 Å². The summed E-state index contributed by atoms with van der Waals surface area (Å²) in [5.74, 6) is 0.135. The number of rotatable bonds is 6. The van der Waals surface area contributed by atoms with Gasteiger partial charge in [-0.2, -0.15) is 5.10 Å². The second-order valence-corrected chi connectivity index (χ2v) is 7.57. The van der Waals surface area contributed by atoms with E-state index in [-0.39, 0.29) is 11.8 Å². The molecule has 0 N–H and O–H groups in total. The number of aryl methyl sites for hydroxylation is 2. The van der Waals surface area contributed by atoms with Gasteiger partial charge in [-0.1, -0.05) is 18.2 Å². The number of aromatic nitrogens is 3. The van der Waals surface area contributed by atoms with Gasteiger partial charge in [-0.3, -0.25) is 9.69 Å². The third-order valence-electron chi connectivity index (χ3n) is 5.61. The fourth-order valence-electron chi connectivity index (χ4n) is 3.90. The van der Waals surface area contributed by atoms with Gasteiger partial charge in [0, 0.05) is 18.2 Å². The van der Waals surface area contributed by atoms with E-state index in [9.17, 15) is 4.79 Å². The van der Waals surface area contributed by atoms with Crippen LogP contribution in [0, 0.1) is 20.8 Å². The molecule has 0 amide bonds. The summed E-state index contributed by atoms with van der Waals surface area (Å²) < 4.78 is 1.75. The zero-order chi connectivity index (χ0) is 20.4. The van der Waals surface area contributed by atoms with E-state index in [1.807, 2.05) is 6.92 Å². The lowest BCUT2D eigenvalue weighted by Crippen LogP contribution is -2.23. The molecule has 3 aromatic rings. The highest BCUT2D eigenvalue weighted by Crippen LogP contribution is 2.27. The van der Waals surface area contributed by atoms with Crippen molar-refractivity contribution in [1.29, 1.82) is 0 Å². The second-order valence-electron chi connectivity index (χ2n) is 7.57. The first-order valence-corrected chi connectivity index (χ1v) is 9.55. The zero-order valence-corrected chi connectivity index (χ0v) is 17.5. The Morgan fingerprint density at radius 3 is 2.39 bits per heavy atom. The van der Waals surface area contributed by atoms with Crippen LogP contribution in [0.15, 0.2) is 43.0 Å². The smallest absolute Gasteiger partial charge is 0.160 e. The van der Waals surface area contributed by atoms with Gasteiger partial charge >= 0.3 is 0 Å². The average Bonchev–Trinajstić information content (AvgIpc) is 3.18. The van der Waals surface area contributed by atoms with Gasteiger partial charge in [-0.05, 0) is 81.6 Å². The summed E-state index contributed by atoms with van der Waals surface area (Å²) in [6, 6.07) is 10.8. The van der Waals surface area contributed by atoms with Crippen molar-refractivity contribution in [2.24, 2.45) is 0 Å². The van der Waals surface area contributed by atoms with Crippen LogP contribution in [0.3, 0.4) is 0 Å². The van der Waals surface area contributed by atoms with E-state index >= 15 is 0 Å². The number of hydrogen-bond donors (Lipinski definition) is 0. The normalized spacial score (nSPS) is 12.4. The van der Waals surface area contributed by atoms with Gasteiger partial charge in [-0.25, -0.2) is 9.67 Å². The van der Waals surface area contributed by atoms with Crippen LogP contribution >= 0.6 is 0 Å². The Morgan fingerprint density at radius 2 is 1.82 bits per heavy atom. The molecule has 1 aromatic heterocycles. The molecule has 3 rings (SSSR count). The first kappa shape index (κ1) is 20.0. The third-order valence-corrected chi connectivity index (χ3v) is 5.61. The topological polar surface area (TPSA) is 51.0 Å². The van der Waals surface area contributed by atoms with E-state index in [4.69, 9.17) is 0 Å². The van der Waals surface area contributed by atoms with Crippen molar-refractivity contribution in [3.05, 3.63) is 76.4 Å². The Balaban J connectivity index is 1.82. The predicted octanol–water partition coefficient (Wildman–Crippen LogP) is 4.59. The lowest BCUT2D eigenvalue weighted by molar-refractivity contribution is 0.101. The first-order chi connectivity index (χ1) is 13.3. The summed E-state index contributed by atoms with van der Waals surface area (Å²) in [7, 11) is 2.13. The van der Waals surface area contributed by atoms with Crippen molar-refractivity contribution >= 4 is 5.78 Å². The quantitative estimate of drug-likeness (QED) is 0.591. The number of nitrogens with zero attached hydrogens (tertiary/aromatic N) is 4. The summed E-state index contributed by atoms with van der Waals surface area (Å²) in [6.07, 6.45) is 3.23. The maximum absolute atomic E-state index is 12.1. The van der Waals surface area contributed by atoms with Crippen molar-refractivity contribution in [2.75, 3.05) is 7.05 Å². The number of carbonyl (C=O) groups excluding carboxylic acids is 1. The lowest BCUT2D eigenvalue weighted by atomic mass is 9.91. The first-order valence-electron chi connectivity index (χ1n) is 9.55. The largest absolute Gasteiger partial charge is 0.295 e. The van der Waals surface area contributed by atoms with E-state index in [2.05, 4.69) is 73.1 Å². The fraction of sp³-hybridized carbons (Fsp3) is 0.348. The lowest BCUT2D eigenvalue weighted by Gasteiger charge is -2.27. The van der Waals surface area contributed by atoms with E-state index in [1.165, 1.54) is 23.0 Å². The molecule has 0 saturated carbocycles. The Labute approximate surface area is 167 Å². The number of benzene rings is 2. The summed E-state index contributed by atoms with van der Waals surface area (Å²) >= 11 is 0. The molecule has 1 atom stereocenters. The molecule has 0 saturated heterocycles. The summed E-state index contributed by atoms with van der Waals surface area (Å²) in [4.78, 5) is 18.4. The molecule has 0 spiro atoms. The molecule has 0 radical (unpaired) electrons. The molecule has 0 aliphatic heterocycles. The molecule has 5 heteroatoms. The van der Waals surface area contributed by atoms with Crippen molar-refractivity contribution in [1.82, 2.24) is 19.7 Å². The average molecular weight is 377 g/mol. The van der Waals surface area contributed by atoms with Crippen molar-refractivity contribution in [2.45, 2.75) is 47.2 Å². The van der Waals surface area contributed by atoms with Crippen molar-refractivity contribution in [3.8, 4) is 5.69 Å². The molecule has 1 unspecified atom stereocenters. The Kier molecular flexibility index (Phi) is 5.75. The predicted molar refractivity (Wildman–Crippen MR) is 112 cm³/mol. The summed E-state index contributed by atoms with van der Waals surface area (Å²) in [5, 5.41) is 4.17. The second kappa shape index (κ2) is 8.07. The maximum atomic E-state index is 12.1. The van der Waals surface area contributed by atoms with Gasteiger partial charge < -0.3 is 0 Å². The van der Waals surface area contributed by atoms with Crippen LogP contribution in [0.2, 0.25) is 0 Å². The van der Waals surface area contributed by atoms with Crippen molar-refractivity contribution in [3.63, 3.8) is 0 Å². The van der Waals surface area contributed by atoms with Crippen LogP contribution in [-0.4, -0.2) is 32.5 Å². The van der Waals surface area contributed by atoms with Crippen molar-refractivity contribution < 1.29 is 4.79 Å². The Bertz CT molecular complexity index is 975. The molecular weight excluding hydrogens is 348 g/mol. The highest BCUT2D eigenvalue weighted by atomic mass is 16.1. The highest BCUT2D eigenvalue weighted by molar-refractivity contribution is 5.97. The third kappa shape index (κ3) is 3.90. The number of hydrogen-bond acceptors (Lipinski definition) is 4. The summed E-state index contributed by atoms with van der Waals surface area (Å²) in [6.45, 7) is 10.9. The number of carbonyl (C=O) groups is 1. The van der Waals surface area contributed by atoms with Crippen LogP contribution < -0.4 is 0 Å². The number of Topliss-reactive ketones (excluding diaryl/α,β-unsaturated/α-hetero) is 1. The van der Waals surface area contributed by atoms with Crippen LogP contribution in [-0.2, 0) is 6.54 Å². The molecule has 0 bridgehead atoms. The molecular formula is C23H28N4O. The van der Waals surface area contributed by atoms with E-state index < -0.39 is 0 Å². The highest BCUT2D eigenvalue weighted by Gasteiger charge is 2.18. The van der Waals surface area contributed by atoms with Gasteiger partial charge in [-0.15, -0.1) is 0 Å². The molecule has 0 aliphatic carbocycles. The van der Waals surface area contributed by atoms with E-state index in [0.717, 1.165) is 28.9 Å². The molecule has 2 aromatic carbocycles. The van der Waals surface area contributed by atoms with Crippen LogP contribution in [0.25, 0.3) is 5.69 Å². The monoisotopic (exact) mass is 376 g/mol. The molecule has 146 valence electrons. The number of ketones is 1. The van der Waals surface area contributed by atoms with Crippen LogP contribution in [0.4, 0.5) is 0 Å². The molecule has 5 nitrogen and oxygen atoms in total.